The van der Waals surface area contributed by atoms with Gasteiger partial charge in [0.05, 0.1) is 23.1 Å². The van der Waals surface area contributed by atoms with Crippen molar-refractivity contribution in [3.8, 4) is 0 Å². The van der Waals surface area contributed by atoms with E-state index in [1.165, 1.54) is 8.66 Å². The van der Waals surface area contributed by atoms with Crippen LogP contribution >= 0.6 is 27.3 Å². The number of aliphatic hydroxyl groups is 1. The van der Waals surface area contributed by atoms with Crippen LogP contribution in [0.3, 0.4) is 0 Å². The summed E-state index contributed by atoms with van der Waals surface area (Å²) in [7, 11) is 0. The van der Waals surface area contributed by atoms with Gasteiger partial charge in [-0.3, -0.25) is 4.90 Å². The molecule has 1 saturated heterocycles. The van der Waals surface area contributed by atoms with E-state index in [1.54, 1.807) is 11.3 Å². The number of thiophene rings is 1. The predicted molar refractivity (Wildman–Crippen MR) is 68.7 cm³/mol. The second-order valence-electron chi connectivity index (χ2n) is 4.12. The van der Waals surface area contributed by atoms with E-state index in [0.29, 0.717) is 12.6 Å². The third-order valence-electron chi connectivity index (χ3n) is 2.83. The van der Waals surface area contributed by atoms with E-state index in [0.717, 1.165) is 13.1 Å². The molecular formula is C11H16BrNO2S. The van der Waals surface area contributed by atoms with Crippen molar-refractivity contribution in [3.63, 3.8) is 0 Å². The van der Waals surface area contributed by atoms with E-state index >= 15 is 0 Å². The van der Waals surface area contributed by atoms with Gasteiger partial charge in [-0.25, -0.2) is 0 Å². The summed E-state index contributed by atoms with van der Waals surface area (Å²) in [6.07, 6.45) is -0.0281. The third kappa shape index (κ3) is 3.05. The van der Waals surface area contributed by atoms with Crippen LogP contribution in [0.4, 0.5) is 0 Å². The summed E-state index contributed by atoms with van der Waals surface area (Å²) < 4.78 is 6.68. The number of hydrogen-bond acceptors (Lipinski definition) is 4. The molecule has 2 rings (SSSR count). The summed E-state index contributed by atoms with van der Waals surface area (Å²) in [5.41, 5.74) is 0. The number of halogens is 1. The molecular weight excluding hydrogens is 290 g/mol. The Labute approximate surface area is 108 Å². The van der Waals surface area contributed by atoms with E-state index in [-0.39, 0.29) is 12.7 Å². The van der Waals surface area contributed by atoms with E-state index in [2.05, 4.69) is 39.9 Å². The Morgan fingerprint density at radius 1 is 1.62 bits per heavy atom. The van der Waals surface area contributed by atoms with Crippen LogP contribution < -0.4 is 0 Å². The first kappa shape index (κ1) is 12.5. The summed E-state index contributed by atoms with van der Waals surface area (Å²) in [6.45, 7) is 4.73. The Bertz CT molecular complexity index is 344. The molecule has 0 amide bonds. The average Bonchev–Trinajstić information content (AvgIpc) is 2.67. The van der Waals surface area contributed by atoms with Crippen LogP contribution in [-0.2, 0) is 11.3 Å². The average molecular weight is 306 g/mol. The molecule has 1 fully saturated rings. The van der Waals surface area contributed by atoms with Crippen molar-refractivity contribution in [3.05, 3.63) is 20.8 Å². The number of nitrogens with zero attached hydrogens (tertiary/aromatic N) is 1. The van der Waals surface area contributed by atoms with Crippen LogP contribution in [-0.4, -0.2) is 41.9 Å². The fourth-order valence-electron chi connectivity index (χ4n) is 1.84. The molecule has 16 heavy (non-hydrogen) atoms. The first-order valence-corrected chi connectivity index (χ1v) is 7.00. The number of ether oxygens (including phenoxy) is 1. The summed E-state index contributed by atoms with van der Waals surface area (Å²) in [4.78, 5) is 3.71. The van der Waals surface area contributed by atoms with Crippen molar-refractivity contribution in [1.82, 2.24) is 4.90 Å². The Morgan fingerprint density at radius 2 is 2.44 bits per heavy atom. The minimum Gasteiger partial charge on any atom is -0.394 e. The molecule has 0 saturated carbocycles. The lowest BCUT2D eigenvalue weighted by Crippen LogP contribution is -2.48. The zero-order chi connectivity index (χ0) is 11.5. The molecule has 1 aromatic rings. The van der Waals surface area contributed by atoms with Gasteiger partial charge in [0.2, 0.25) is 0 Å². The van der Waals surface area contributed by atoms with Gasteiger partial charge in [0, 0.05) is 24.0 Å². The molecule has 0 aliphatic carbocycles. The molecule has 5 heteroatoms. The van der Waals surface area contributed by atoms with Crippen molar-refractivity contribution in [2.24, 2.45) is 0 Å². The molecule has 0 radical (unpaired) electrons. The molecule has 1 aliphatic heterocycles. The maximum Gasteiger partial charge on any atom is 0.0933 e. The number of rotatable bonds is 3. The monoisotopic (exact) mass is 305 g/mol. The zero-order valence-electron chi connectivity index (χ0n) is 9.23. The molecule has 2 heterocycles. The minimum absolute atomic E-state index is 0.0281. The Morgan fingerprint density at radius 3 is 3.06 bits per heavy atom. The Kier molecular flexibility index (Phi) is 4.38. The van der Waals surface area contributed by atoms with Crippen LogP contribution in [0.25, 0.3) is 0 Å². The van der Waals surface area contributed by atoms with Gasteiger partial charge in [0.25, 0.3) is 0 Å². The highest BCUT2D eigenvalue weighted by molar-refractivity contribution is 9.11. The zero-order valence-corrected chi connectivity index (χ0v) is 11.6. The maximum absolute atomic E-state index is 9.11. The smallest absolute Gasteiger partial charge is 0.0933 e. The predicted octanol–water partition coefficient (Wildman–Crippen LogP) is 2.09. The second-order valence-corrected chi connectivity index (χ2v) is 6.67. The molecule has 1 N–H and O–H groups in total. The van der Waals surface area contributed by atoms with Crippen molar-refractivity contribution in [2.45, 2.75) is 25.6 Å². The third-order valence-corrected chi connectivity index (χ3v) is 4.43. The minimum atomic E-state index is -0.0281. The molecule has 0 spiro atoms. The molecule has 1 aromatic heterocycles. The van der Waals surface area contributed by atoms with Gasteiger partial charge >= 0.3 is 0 Å². The Hall–Kier alpha value is 0.0600. The molecule has 0 bridgehead atoms. The number of hydrogen-bond donors (Lipinski definition) is 1. The van der Waals surface area contributed by atoms with Crippen LogP contribution in [0.15, 0.2) is 15.9 Å². The van der Waals surface area contributed by atoms with Crippen LogP contribution in [0.2, 0.25) is 0 Å². The highest BCUT2D eigenvalue weighted by atomic mass is 79.9. The van der Waals surface area contributed by atoms with Crippen molar-refractivity contribution in [1.29, 1.82) is 0 Å². The fraction of sp³-hybridized carbons (Fsp3) is 0.636. The molecule has 1 aliphatic rings. The van der Waals surface area contributed by atoms with Crippen molar-refractivity contribution >= 4 is 27.3 Å². The molecule has 2 unspecified atom stereocenters. The van der Waals surface area contributed by atoms with Gasteiger partial charge in [0.1, 0.15) is 0 Å². The standard InChI is InChI=1S/C11H16BrNO2S/c1-8-7-15-9(6-14)4-13(8)5-10-2-3-11(12)16-10/h2-3,8-9,14H,4-7H2,1H3. The van der Waals surface area contributed by atoms with Crippen LogP contribution in [0.1, 0.15) is 11.8 Å². The topological polar surface area (TPSA) is 32.7 Å². The van der Waals surface area contributed by atoms with E-state index in [9.17, 15) is 0 Å². The molecule has 3 nitrogen and oxygen atoms in total. The quantitative estimate of drug-likeness (QED) is 0.928. The van der Waals surface area contributed by atoms with E-state index in [1.807, 2.05) is 0 Å². The molecule has 90 valence electrons. The first-order valence-electron chi connectivity index (χ1n) is 5.39. The molecule has 0 aromatic carbocycles. The summed E-state index contributed by atoms with van der Waals surface area (Å²) >= 11 is 5.24. The normalized spacial score (nSPS) is 27.2. The highest BCUT2D eigenvalue weighted by Gasteiger charge is 2.25. The van der Waals surface area contributed by atoms with Gasteiger partial charge in [-0.05, 0) is 35.0 Å². The fourth-order valence-corrected chi connectivity index (χ4v) is 3.35. The van der Waals surface area contributed by atoms with Gasteiger partial charge < -0.3 is 9.84 Å². The highest BCUT2D eigenvalue weighted by Crippen LogP contribution is 2.25. The largest absolute Gasteiger partial charge is 0.394 e. The van der Waals surface area contributed by atoms with Gasteiger partial charge in [-0.2, -0.15) is 0 Å². The Balaban J connectivity index is 1.96. The van der Waals surface area contributed by atoms with E-state index in [4.69, 9.17) is 9.84 Å². The lowest BCUT2D eigenvalue weighted by atomic mass is 10.2. The van der Waals surface area contributed by atoms with Crippen LogP contribution in [0, 0.1) is 0 Å². The summed E-state index contributed by atoms with van der Waals surface area (Å²) in [5.74, 6) is 0. The maximum atomic E-state index is 9.11. The number of aliphatic hydroxyl groups excluding tert-OH is 1. The van der Waals surface area contributed by atoms with Gasteiger partial charge in [-0.1, -0.05) is 0 Å². The summed E-state index contributed by atoms with van der Waals surface area (Å²) in [5, 5.41) is 9.11. The second kappa shape index (κ2) is 5.60. The van der Waals surface area contributed by atoms with Gasteiger partial charge in [0.15, 0.2) is 0 Å². The van der Waals surface area contributed by atoms with Gasteiger partial charge in [-0.15, -0.1) is 11.3 Å². The van der Waals surface area contributed by atoms with E-state index < -0.39 is 0 Å². The SMILES string of the molecule is CC1COC(CO)CN1Cc1ccc(Br)s1. The van der Waals surface area contributed by atoms with Crippen LogP contribution in [0.5, 0.6) is 0 Å². The lowest BCUT2D eigenvalue weighted by Gasteiger charge is -2.37. The first-order chi connectivity index (χ1) is 7.69. The van der Waals surface area contributed by atoms with Crippen molar-refractivity contribution < 1.29 is 9.84 Å². The van der Waals surface area contributed by atoms with Crippen molar-refractivity contribution in [2.75, 3.05) is 19.8 Å². The number of morpholine rings is 1. The molecule has 2 atom stereocenters. The lowest BCUT2D eigenvalue weighted by molar-refractivity contribution is -0.0802. The summed E-state index contributed by atoms with van der Waals surface area (Å²) in [6, 6.07) is 4.64.